The van der Waals surface area contributed by atoms with E-state index in [1.165, 1.54) is 61.7 Å². The molecule has 0 atom stereocenters. The minimum absolute atomic E-state index is 0.0950. The lowest BCUT2D eigenvalue weighted by atomic mass is 9.98. The molecule has 1 aromatic heterocycles. The fourth-order valence-corrected chi connectivity index (χ4v) is 3.99. The van der Waals surface area contributed by atoms with Crippen LogP contribution in [0.3, 0.4) is 0 Å². The fraction of sp³-hybridized carbons (Fsp3) is 0.0455. The molecule has 0 saturated carbocycles. The third-order valence-electron chi connectivity index (χ3n) is 4.75. The number of primary sulfonamides is 1. The van der Waals surface area contributed by atoms with Gasteiger partial charge in [-0.15, -0.1) is 0 Å². The van der Waals surface area contributed by atoms with E-state index in [1.54, 1.807) is 6.07 Å². The van der Waals surface area contributed by atoms with Crippen molar-refractivity contribution in [3.63, 3.8) is 0 Å². The van der Waals surface area contributed by atoms with Crippen LogP contribution in [0.15, 0.2) is 74.8 Å². The molecule has 0 bridgehead atoms. The predicted molar refractivity (Wildman–Crippen MR) is 116 cm³/mol. The van der Waals surface area contributed by atoms with Crippen LogP contribution in [-0.2, 0) is 10.0 Å². The number of hydrogen-bond acceptors (Lipinski definition) is 5. The summed E-state index contributed by atoms with van der Waals surface area (Å²) in [5.74, 6) is -0.0542. The number of hydrogen-bond donors (Lipinski definition) is 1. The van der Waals surface area contributed by atoms with Gasteiger partial charge in [0.25, 0.3) is 0 Å². The molecule has 4 aromatic rings. The van der Waals surface area contributed by atoms with E-state index in [1.807, 2.05) is 0 Å². The zero-order valence-electron chi connectivity index (χ0n) is 16.1. The molecule has 0 unspecified atom stereocenters. The second-order valence-electron chi connectivity index (χ2n) is 6.67. The average molecular weight is 460 g/mol. The Balaban J connectivity index is 2.10. The van der Waals surface area contributed by atoms with Crippen LogP contribution in [0.1, 0.15) is 0 Å². The first-order chi connectivity index (χ1) is 14.7. The van der Waals surface area contributed by atoms with Crippen molar-refractivity contribution in [2.45, 2.75) is 4.90 Å². The molecule has 4 rings (SSSR count). The van der Waals surface area contributed by atoms with Crippen LogP contribution in [0.5, 0.6) is 5.75 Å². The monoisotopic (exact) mass is 459 g/mol. The largest absolute Gasteiger partial charge is 0.496 e. The first-order valence-electron chi connectivity index (χ1n) is 8.93. The van der Waals surface area contributed by atoms with Crippen LogP contribution in [0.2, 0.25) is 5.02 Å². The Morgan fingerprint density at radius 3 is 2.16 bits per heavy atom. The quantitative estimate of drug-likeness (QED) is 0.481. The molecule has 0 amide bonds. The topological polar surface area (TPSA) is 99.6 Å². The maximum absolute atomic E-state index is 13.6. The Morgan fingerprint density at radius 1 is 0.968 bits per heavy atom. The summed E-state index contributed by atoms with van der Waals surface area (Å²) in [4.78, 5) is 13.5. The Labute approximate surface area is 181 Å². The summed E-state index contributed by atoms with van der Waals surface area (Å²) in [5, 5.41) is 5.50. The highest BCUT2D eigenvalue weighted by Crippen LogP contribution is 2.37. The second kappa shape index (κ2) is 7.81. The number of benzene rings is 3. The fourth-order valence-electron chi connectivity index (χ4n) is 3.28. The molecule has 0 aliphatic heterocycles. The lowest BCUT2D eigenvalue weighted by Gasteiger charge is -2.13. The number of methoxy groups -OCH3 is 1. The van der Waals surface area contributed by atoms with Gasteiger partial charge in [-0.3, -0.25) is 4.79 Å². The summed E-state index contributed by atoms with van der Waals surface area (Å²) in [6, 6.07) is 14.0. The highest BCUT2D eigenvalue weighted by Gasteiger charge is 2.22. The van der Waals surface area contributed by atoms with Crippen LogP contribution in [0, 0.1) is 5.82 Å². The molecule has 6 nitrogen and oxygen atoms in total. The summed E-state index contributed by atoms with van der Waals surface area (Å²) in [6.45, 7) is 0. The molecule has 2 N–H and O–H groups in total. The van der Waals surface area contributed by atoms with E-state index in [-0.39, 0.29) is 38.0 Å². The van der Waals surface area contributed by atoms with E-state index in [4.69, 9.17) is 25.9 Å². The maximum Gasteiger partial charge on any atom is 0.238 e. The lowest BCUT2D eigenvalue weighted by molar-refractivity contribution is 0.419. The molecule has 9 heteroatoms. The van der Waals surface area contributed by atoms with Crippen molar-refractivity contribution in [1.82, 2.24) is 0 Å². The summed E-state index contributed by atoms with van der Waals surface area (Å²) < 4.78 is 48.0. The van der Waals surface area contributed by atoms with Crippen molar-refractivity contribution in [2.24, 2.45) is 5.14 Å². The minimum Gasteiger partial charge on any atom is -0.496 e. The number of nitrogens with two attached hydrogens (primary N) is 1. The minimum atomic E-state index is -3.90. The molecule has 0 spiro atoms. The van der Waals surface area contributed by atoms with Gasteiger partial charge in [-0.25, -0.2) is 17.9 Å². The number of fused-ring (bicyclic) bond motifs is 1. The van der Waals surface area contributed by atoms with E-state index >= 15 is 0 Å². The summed E-state index contributed by atoms with van der Waals surface area (Å²) in [5.41, 5.74) is 0.644. The molecule has 3 aromatic carbocycles. The third-order valence-corrected chi connectivity index (χ3v) is 5.98. The van der Waals surface area contributed by atoms with Gasteiger partial charge in [0.05, 0.1) is 22.6 Å². The lowest BCUT2D eigenvalue weighted by Crippen LogP contribution is -2.12. The first kappa shape index (κ1) is 21.0. The van der Waals surface area contributed by atoms with E-state index in [9.17, 15) is 17.6 Å². The molecule has 31 heavy (non-hydrogen) atoms. The van der Waals surface area contributed by atoms with E-state index < -0.39 is 21.3 Å². The van der Waals surface area contributed by atoms with Gasteiger partial charge in [-0.1, -0.05) is 23.7 Å². The summed E-state index contributed by atoms with van der Waals surface area (Å²) in [7, 11) is -2.48. The van der Waals surface area contributed by atoms with Gasteiger partial charge in [0.15, 0.2) is 5.58 Å². The van der Waals surface area contributed by atoms with Crippen LogP contribution >= 0.6 is 11.6 Å². The van der Waals surface area contributed by atoms with Crippen molar-refractivity contribution in [1.29, 1.82) is 0 Å². The SMILES string of the molecule is COc1ccc(Cl)c2oc(-c3ccc(S(N)(=O)=O)cc3)c(-c3ccc(F)cc3)c(=O)c12. The Morgan fingerprint density at radius 2 is 1.58 bits per heavy atom. The molecule has 0 aliphatic carbocycles. The molecule has 0 radical (unpaired) electrons. The van der Waals surface area contributed by atoms with E-state index in [0.29, 0.717) is 11.1 Å². The van der Waals surface area contributed by atoms with Gasteiger partial charge >= 0.3 is 0 Å². The molecular weight excluding hydrogens is 445 g/mol. The van der Waals surface area contributed by atoms with Crippen LogP contribution in [-0.4, -0.2) is 15.5 Å². The van der Waals surface area contributed by atoms with Gasteiger partial charge in [-0.2, -0.15) is 0 Å². The Hall–Kier alpha value is -3.20. The number of halogens is 2. The zero-order chi connectivity index (χ0) is 22.3. The van der Waals surface area contributed by atoms with Crippen LogP contribution < -0.4 is 15.3 Å². The molecule has 1 heterocycles. The van der Waals surface area contributed by atoms with Crippen LogP contribution in [0.25, 0.3) is 33.4 Å². The van der Waals surface area contributed by atoms with Crippen molar-refractivity contribution in [2.75, 3.05) is 7.11 Å². The van der Waals surface area contributed by atoms with Gasteiger partial charge in [-0.05, 0) is 54.1 Å². The molecular formula is C22H15ClFNO5S. The molecule has 158 valence electrons. The number of ether oxygens (including phenoxy) is 1. The molecule has 0 fully saturated rings. The molecule has 0 saturated heterocycles. The Kier molecular flexibility index (Phi) is 5.30. The summed E-state index contributed by atoms with van der Waals surface area (Å²) >= 11 is 6.29. The van der Waals surface area contributed by atoms with E-state index in [2.05, 4.69) is 0 Å². The maximum atomic E-state index is 13.6. The Bertz CT molecular complexity index is 1460. The first-order valence-corrected chi connectivity index (χ1v) is 10.9. The van der Waals surface area contributed by atoms with E-state index in [0.717, 1.165) is 0 Å². The molecule has 0 aliphatic rings. The summed E-state index contributed by atoms with van der Waals surface area (Å²) in [6.07, 6.45) is 0. The van der Waals surface area contributed by atoms with Gasteiger partial charge in [0.2, 0.25) is 15.5 Å². The van der Waals surface area contributed by atoms with Crippen molar-refractivity contribution >= 4 is 32.6 Å². The van der Waals surface area contributed by atoms with Crippen LogP contribution in [0.4, 0.5) is 4.39 Å². The van der Waals surface area contributed by atoms with Gasteiger partial charge < -0.3 is 9.15 Å². The van der Waals surface area contributed by atoms with Gasteiger partial charge in [0.1, 0.15) is 22.7 Å². The highest BCUT2D eigenvalue weighted by molar-refractivity contribution is 7.89. The highest BCUT2D eigenvalue weighted by atomic mass is 35.5. The number of sulfonamides is 1. The predicted octanol–water partition coefficient (Wildman–Crippen LogP) is 4.58. The third kappa shape index (κ3) is 3.81. The standard InChI is InChI=1S/C22H15ClFNO5S/c1-29-17-11-10-16(23)22-19(17)20(26)18(12-2-6-14(24)7-3-12)21(30-22)13-4-8-15(9-5-13)31(25,27)28/h2-11H,1H3,(H2,25,27,28). The average Bonchev–Trinajstić information content (AvgIpc) is 2.74. The smallest absolute Gasteiger partial charge is 0.238 e. The number of rotatable bonds is 4. The second-order valence-corrected chi connectivity index (χ2v) is 8.63. The van der Waals surface area contributed by atoms with Crippen molar-refractivity contribution < 1.29 is 22.0 Å². The zero-order valence-corrected chi connectivity index (χ0v) is 17.6. The van der Waals surface area contributed by atoms with Crippen molar-refractivity contribution in [3.8, 4) is 28.2 Å². The van der Waals surface area contributed by atoms with Crippen molar-refractivity contribution in [3.05, 3.63) is 81.7 Å². The normalized spacial score (nSPS) is 11.6. The van der Waals surface area contributed by atoms with Gasteiger partial charge in [0, 0.05) is 5.56 Å².